The first kappa shape index (κ1) is 17.0. The Labute approximate surface area is 153 Å². The molecule has 138 valence electrons. The molecule has 0 saturated carbocycles. The number of rotatable bonds is 4. The molecule has 4 heterocycles. The lowest BCUT2D eigenvalue weighted by atomic mass is 9.96. The monoisotopic (exact) mass is 355 g/mol. The van der Waals surface area contributed by atoms with Crippen molar-refractivity contribution in [1.82, 2.24) is 19.8 Å². The van der Waals surface area contributed by atoms with Gasteiger partial charge in [-0.2, -0.15) is 0 Å². The molecular formula is C19H25N5O2. The summed E-state index contributed by atoms with van der Waals surface area (Å²) in [6.45, 7) is 5.70. The molecule has 2 saturated heterocycles. The van der Waals surface area contributed by atoms with E-state index in [-0.39, 0.29) is 5.92 Å². The van der Waals surface area contributed by atoms with Crippen molar-refractivity contribution in [3.63, 3.8) is 0 Å². The first-order valence-corrected chi connectivity index (χ1v) is 9.35. The molecule has 7 nitrogen and oxygen atoms in total. The fourth-order valence-electron chi connectivity index (χ4n) is 3.86. The summed E-state index contributed by atoms with van der Waals surface area (Å²) >= 11 is 0. The highest BCUT2D eigenvalue weighted by molar-refractivity contribution is 5.79. The van der Waals surface area contributed by atoms with Crippen molar-refractivity contribution in [2.75, 3.05) is 44.2 Å². The minimum Gasteiger partial charge on any atom is -0.468 e. The van der Waals surface area contributed by atoms with Crippen molar-refractivity contribution in [2.24, 2.45) is 5.92 Å². The zero-order valence-corrected chi connectivity index (χ0v) is 15.0. The summed E-state index contributed by atoms with van der Waals surface area (Å²) in [5.74, 6) is 2.11. The van der Waals surface area contributed by atoms with Crippen molar-refractivity contribution < 1.29 is 9.21 Å². The Morgan fingerprint density at radius 3 is 2.65 bits per heavy atom. The van der Waals surface area contributed by atoms with Crippen molar-refractivity contribution in [3.8, 4) is 0 Å². The van der Waals surface area contributed by atoms with Gasteiger partial charge < -0.3 is 14.2 Å². The Morgan fingerprint density at radius 2 is 1.92 bits per heavy atom. The van der Waals surface area contributed by atoms with Crippen LogP contribution in [0.2, 0.25) is 0 Å². The number of furan rings is 1. The maximum absolute atomic E-state index is 13.0. The van der Waals surface area contributed by atoms with Crippen LogP contribution >= 0.6 is 0 Å². The molecule has 0 unspecified atom stereocenters. The van der Waals surface area contributed by atoms with E-state index in [9.17, 15) is 4.79 Å². The fraction of sp³-hybridized carbons (Fsp3) is 0.526. The minimum atomic E-state index is 0.0956. The van der Waals surface area contributed by atoms with E-state index in [4.69, 9.17) is 4.42 Å². The Hall–Kier alpha value is -2.41. The Morgan fingerprint density at radius 1 is 1.12 bits per heavy atom. The number of hydrogen-bond acceptors (Lipinski definition) is 6. The van der Waals surface area contributed by atoms with E-state index in [0.717, 1.165) is 70.4 Å². The van der Waals surface area contributed by atoms with Crippen LogP contribution in [0, 0.1) is 5.92 Å². The third kappa shape index (κ3) is 3.88. The van der Waals surface area contributed by atoms with Gasteiger partial charge in [-0.3, -0.25) is 9.69 Å². The van der Waals surface area contributed by atoms with Crippen LogP contribution in [0.15, 0.2) is 41.3 Å². The number of amides is 1. The van der Waals surface area contributed by atoms with E-state index in [1.807, 2.05) is 23.1 Å². The fourth-order valence-corrected chi connectivity index (χ4v) is 3.86. The van der Waals surface area contributed by atoms with Gasteiger partial charge in [0.15, 0.2) is 0 Å². The third-order valence-electron chi connectivity index (χ3n) is 5.24. The molecule has 0 bridgehead atoms. The molecular weight excluding hydrogens is 330 g/mol. The molecule has 2 aliphatic heterocycles. The van der Waals surface area contributed by atoms with E-state index < -0.39 is 0 Å². The van der Waals surface area contributed by atoms with Gasteiger partial charge in [-0.15, -0.1) is 0 Å². The van der Waals surface area contributed by atoms with E-state index in [2.05, 4.69) is 19.8 Å². The first-order chi connectivity index (χ1) is 12.8. The van der Waals surface area contributed by atoms with Crippen LogP contribution in [0.4, 0.5) is 5.95 Å². The van der Waals surface area contributed by atoms with Gasteiger partial charge in [0.05, 0.1) is 18.7 Å². The Kier molecular flexibility index (Phi) is 5.15. The van der Waals surface area contributed by atoms with E-state index >= 15 is 0 Å². The second-order valence-corrected chi connectivity index (χ2v) is 7.01. The maximum atomic E-state index is 13.0. The van der Waals surface area contributed by atoms with Crippen LogP contribution in [-0.2, 0) is 11.3 Å². The lowest BCUT2D eigenvalue weighted by Crippen LogP contribution is -2.52. The molecule has 2 fully saturated rings. The van der Waals surface area contributed by atoms with Gasteiger partial charge in [0.2, 0.25) is 11.9 Å². The number of anilines is 1. The van der Waals surface area contributed by atoms with Gasteiger partial charge in [-0.1, -0.05) is 0 Å². The van der Waals surface area contributed by atoms with Crippen LogP contribution < -0.4 is 4.90 Å². The lowest BCUT2D eigenvalue weighted by molar-refractivity contribution is -0.137. The maximum Gasteiger partial charge on any atom is 0.227 e. The summed E-state index contributed by atoms with van der Waals surface area (Å²) < 4.78 is 5.45. The predicted molar refractivity (Wildman–Crippen MR) is 97.5 cm³/mol. The molecule has 7 heteroatoms. The molecule has 26 heavy (non-hydrogen) atoms. The molecule has 0 aliphatic carbocycles. The Bertz CT molecular complexity index is 698. The number of carbonyl (C=O) groups is 1. The number of aromatic nitrogens is 2. The van der Waals surface area contributed by atoms with Crippen LogP contribution in [0.1, 0.15) is 18.6 Å². The normalized spacial score (nSPS) is 21.8. The van der Waals surface area contributed by atoms with Crippen LogP contribution in [-0.4, -0.2) is 64.9 Å². The molecule has 2 aliphatic rings. The summed E-state index contributed by atoms with van der Waals surface area (Å²) in [6, 6.07) is 5.73. The molecule has 0 N–H and O–H groups in total. The van der Waals surface area contributed by atoms with E-state index in [1.165, 1.54) is 0 Å². The molecule has 1 amide bonds. The molecule has 1 atom stereocenters. The molecule has 0 aromatic carbocycles. The van der Waals surface area contributed by atoms with Crippen molar-refractivity contribution in [2.45, 2.75) is 19.4 Å². The number of likely N-dealkylation sites (tertiary alicyclic amines) is 1. The van der Waals surface area contributed by atoms with Crippen LogP contribution in [0.5, 0.6) is 0 Å². The van der Waals surface area contributed by atoms with Crippen molar-refractivity contribution in [3.05, 3.63) is 42.6 Å². The zero-order chi connectivity index (χ0) is 17.8. The number of carbonyl (C=O) groups excluding carboxylic acids is 1. The van der Waals surface area contributed by atoms with E-state index in [0.29, 0.717) is 5.91 Å². The highest BCUT2D eigenvalue weighted by Crippen LogP contribution is 2.22. The van der Waals surface area contributed by atoms with Gasteiger partial charge in [0.1, 0.15) is 5.76 Å². The second-order valence-electron chi connectivity index (χ2n) is 7.01. The largest absolute Gasteiger partial charge is 0.468 e. The standard InChI is InChI=1S/C19H25N5O2/c25-18(16-4-1-8-22(14-16)15-17-5-2-13-26-17)23-9-11-24(12-10-23)19-20-6-3-7-21-19/h2-3,5-7,13,16H,1,4,8-12,14-15H2/t16-/m0/s1. The smallest absolute Gasteiger partial charge is 0.227 e. The van der Waals surface area contributed by atoms with Gasteiger partial charge in [0, 0.05) is 45.1 Å². The zero-order valence-electron chi connectivity index (χ0n) is 15.0. The average molecular weight is 355 g/mol. The average Bonchev–Trinajstić information content (AvgIpc) is 3.21. The number of hydrogen-bond donors (Lipinski definition) is 0. The summed E-state index contributed by atoms with van der Waals surface area (Å²) in [4.78, 5) is 28.1. The highest BCUT2D eigenvalue weighted by Gasteiger charge is 2.31. The molecule has 2 aromatic rings. The van der Waals surface area contributed by atoms with Gasteiger partial charge in [0.25, 0.3) is 0 Å². The SMILES string of the molecule is O=C([C@H]1CCCN(Cc2ccco2)C1)N1CCN(c2ncccn2)CC1. The quantitative estimate of drug-likeness (QED) is 0.831. The van der Waals surface area contributed by atoms with Gasteiger partial charge >= 0.3 is 0 Å². The van der Waals surface area contributed by atoms with E-state index in [1.54, 1.807) is 18.7 Å². The summed E-state index contributed by atoms with van der Waals surface area (Å²) in [7, 11) is 0. The van der Waals surface area contributed by atoms with Gasteiger partial charge in [-0.25, -0.2) is 9.97 Å². The van der Waals surface area contributed by atoms with Crippen LogP contribution in [0.25, 0.3) is 0 Å². The van der Waals surface area contributed by atoms with Crippen LogP contribution in [0.3, 0.4) is 0 Å². The minimum absolute atomic E-state index is 0.0956. The second kappa shape index (κ2) is 7.86. The molecule has 4 rings (SSSR count). The number of piperazine rings is 1. The van der Waals surface area contributed by atoms with Crippen molar-refractivity contribution >= 4 is 11.9 Å². The predicted octanol–water partition coefficient (Wildman–Crippen LogP) is 1.63. The summed E-state index contributed by atoms with van der Waals surface area (Å²) in [6.07, 6.45) is 7.27. The Balaban J connectivity index is 1.30. The summed E-state index contributed by atoms with van der Waals surface area (Å²) in [5.41, 5.74) is 0. The third-order valence-corrected chi connectivity index (χ3v) is 5.24. The number of piperidine rings is 1. The molecule has 2 aromatic heterocycles. The lowest BCUT2D eigenvalue weighted by Gasteiger charge is -2.38. The molecule has 0 spiro atoms. The first-order valence-electron chi connectivity index (χ1n) is 9.35. The van der Waals surface area contributed by atoms with Gasteiger partial charge in [-0.05, 0) is 37.6 Å². The summed E-state index contributed by atoms with van der Waals surface area (Å²) in [5, 5.41) is 0. The topological polar surface area (TPSA) is 65.7 Å². The van der Waals surface area contributed by atoms with Crippen molar-refractivity contribution in [1.29, 1.82) is 0 Å². The molecule has 0 radical (unpaired) electrons. The highest BCUT2D eigenvalue weighted by atomic mass is 16.3. The number of nitrogens with zero attached hydrogens (tertiary/aromatic N) is 5.